The second kappa shape index (κ2) is 4.08. The van der Waals surface area contributed by atoms with E-state index in [1.165, 1.54) is 11.4 Å². The predicted molar refractivity (Wildman–Crippen MR) is 65.0 cm³/mol. The number of aromatic nitrogens is 2. The van der Waals surface area contributed by atoms with Crippen LogP contribution in [-0.4, -0.2) is 15.5 Å². The number of rotatable bonds is 2. The van der Waals surface area contributed by atoms with Gasteiger partial charge in [0.2, 0.25) is 5.91 Å². The van der Waals surface area contributed by atoms with Crippen LogP contribution in [0.2, 0.25) is 0 Å². The molecule has 90 valence electrons. The van der Waals surface area contributed by atoms with Crippen molar-refractivity contribution in [3.63, 3.8) is 0 Å². The maximum Gasteiger partial charge on any atom is 0.274 e. The molecule has 2 aromatic heterocycles. The first-order valence-electron chi connectivity index (χ1n) is 5.44. The van der Waals surface area contributed by atoms with Gasteiger partial charge < -0.3 is 5.32 Å². The van der Waals surface area contributed by atoms with E-state index in [0.29, 0.717) is 5.56 Å². The van der Waals surface area contributed by atoms with E-state index in [1.807, 2.05) is 26.0 Å². The third-order valence-corrected chi connectivity index (χ3v) is 2.73. The molecular weight excluding hydrogens is 218 g/mol. The molecule has 0 aliphatic heterocycles. The fraction of sp³-hybridized carbons (Fsp3) is 0.333. The summed E-state index contributed by atoms with van der Waals surface area (Å²) in [6.07, 6.45) is 0. The molecule has 1 amide bonds. The topological polar surface area (TPSA) is 66.4 Å². The number of nitrogens with one attached hydrogen (secondary N) is 2. The lowest BCUT2D eigenvalue weighted by Gasteiger charge is -2.06. The highest BCUT2D eigenvalue weighted by molar-refractivity contribution is 5.72. The summed E-state index contributed by atoms with van der Waals surface area (Å²) < 4.78 is 1.50. The third kappa shape index (κ3) is 2.08. The highest BCUT2D eigenvalue weighted by Crippen LogP contribution is 2.09. The zero-order chi connectivity index (χ0) is 12.6. The molecule has 2 N–H and O–H groups in total. The number of aromatic amines is 1. The molecule has 0 spiro atoms. The number of hydrogen-bond donors (Lipinski definition) is 2. The van der Waals surface area contributed by atoms with Crippen molar-refractivity contribution < 1.29 is 4.79 Å². The molecule has 5 heteroatoms. The molecule has 0 aromatic carbocycles. The van der Waals surface area contributed by atoms with E-state index in [0.717, 1.165) is 16.8 Å². The molecule has 17 heavy (non-hydrogen) atoms. The Morgan fingerprint density at radius 2 is 2.12 bits per heavy atom. The highest BCUT2D eigenvalue weighted by atomic mass is 16.1. The van der Waals surface area contributed by atoms with Gasteiger partial charge in [-0.2, -0.15) is 0 Å². The highest BCUT2D eigenvalue weighted by Gasteiger charge is 2.09. The first kappa shape index (κ1) is 11.4. The van der Waals surface area contributed by atoms with E-state index in [2.05, 4.69) is 10.4 Å². The van der Waals surface area contributed by atoms with Gasteiger partial charge in [-0.3, -0.25) is 14.7 Å². The minimum absolute atomic E-state index is 0.109. The van der Waals surface area contributed by atoms with Crippen molar-refractivity contribution in [2.24, 2.45) is 0 Å². The Kier molecular flexibility index (Phi) is 2.75. The van der Waals surface area contributed by atoms with Crippen LogP contribution in [0.3, 0.4) is 0 Å². The number of carbonyl (C=O) groups excluding carboxylic acids is 1. The largest absolute Gasteiger partial charge is 0.352 e. The van der Waals surface area contributed by atoms with Crippen molar-refractivity contribution in [3.8, 4) is 0 Å². The number of amides is 1. The minimum atomic E-state index is -0.142. The van der Waals surface area contributed by atoms with E-state index in [9.17, 15) is 9.59 Å². The SMILES string of the molecule is CC(=O)NCc1c(C)cc2cc(C)[nH]n2c1=O. The van der Waals surface area contributed by atoms with Gasteiger partial charge in [-0.1, -0.05) is 0 Å². The molecule has 0 aliphatic carbocycles. The van der Waals surface area contributed by atoms with Crippen molar-refractivity contribution in [3.05, 3.63) is 39.3 Å². The molecule has 2 rings (SSSR count). The Labute approximate surface area is 98.4 Å². The van der Waals surface area contributed by atoms with E-state index >= 15 is 0 Å². The van der Waals surface area contributed by atoms with E-state index in [1.54, 1.807) is 0 Å². The monoisotopic (exact) mass is 233 g/mol. The van der Waals surface area contributed by atoms with Crippen molar-refractivity contribution >= 4 is 11.4 Å². The number of fused-ring (bicyclic) bond motifs is 1. The first-order valence-corrected chi connectivity index (χ1v) is 5.44. The van der Waals surface area contributed by atoms with Gasteiger partial charge in [0.1, 0.15) is 0 Å². The summed E-state index contributed by atoms with van der Waals surface area (Å²) in [5.41, 5.74) is 3.17. The minimum Gasteiger partial charge on any atom is -0.352 e. The average Bonchev–Trinajstić information content (AvgIpc) is 2.58. The Balaban J connectivity index is 2.55. The first-order chi connectivity index (χ1) is 7.99. The van der Waals surface area contributed by atoms with Crippen LogP contribution in [0.15, 0.2) is 16.9 Å². The molecule has 0 bridgehead atoms. The summed E-state index contributed by atoms with van der Waals surface area (Å²) in [5.74, 6) is -0.142. The molecule has 2 aromatic rings. The average molecular weight is 233 g/mol. The van der Waals surface area contributed by atoms with Crippen molar-refractivity contribution in [1.29, 1.82) is 0 Å². The summed E-state index contributed by atoms with van der Waals surface area (Å²) in [7, 11) is 0. The normalized spacial score (nSPS) is 10.8. The number of hydrogen-bond acceptors (Lipinski definition) is 2. The van der Waals surface area contributed by atoms with Gasteiger partial charge in [0.15, 0.2) is 0 Å². The van der Waals surface area contributed by atoms with E-state index in [4.69, 9.17) is 0 Å². The molecule has 0 aliphatic rings. The predicted octanol–water partition coefficient (Wildman–Crippen LogP) is 0.881. The van der Waals surface area contributed by atoms with Crippen LogP contribution in [0.4, 0.5) is 0 Å². The van der Waals surface area contributed by atoms with E-state index in [-0.39, 0.29) is 18.0 Å². The van der Waals surface area contributed by atoms with Crippen LogP contribution in [0.5, 0.6) is 0 Å². The molecular formula is C12H15N3O2. The van der Waals surface area contributed by atoms with Crippen LogP contribution in [0.25, 0.3) is 5.52 Å². The molecule has 0 saturated carbocycles. The van der Waals surface area contributed by atoms with Crippen LogP contribution in [-0.2, 0) is 11.3 Å². The molecule has 0 fully saturated rings. The number of aryl methyl sites for hydroxylation is 2. The second-order valence-electron chi connectivity index (χ2n) is 4.22. The smallest absolute Gasteiger partial charge is 0.274 e. The summed E-state index contributed by atoms with van der Waals surface area (Å²) in [6.45, 7) is 5.47. The maximum atomic E-state index is 12.2. The standard InChI is InChI=1S/C12H15N3O2/c1-7-4-10-5-8(2)14-15(10)12(17)11(7)6-13-9(3)16/h4-5,14H,6H2,1-3H3,(H,13,16). The van der Waals surface area contributed by atoms with Crippen LogP contribution >= 0.6 is 0 Å². The van der Waals surface area contributed by atoms with Crippen molar-refractivity contribution in [1.82, 2.24) is 14.9 Å². The second-order valence-corrected chi connectivity index (χ2v) is 4.22. The molecule has 0 unspecified atom stereocenters. The van der Waals surface area contributed by atoms with Crippen molar-refractivity contribution in [2.75, 3.05) is 0 Å². The Morgan fingerprint density at radius 1 is 1.41 bits per heavy atom. The quantitative estimate of drug-likeness (QED) is 0.808. The van der Waals surface area contributed by atoms with E-state index < -0.39 is 0 Å². The maximum absolute atomic E-state index is 12.2. The molecule has 0 radical (unpaired) electrons. The van der Waals surface area contributed by atoms with Gasteiger partial charge in [0.25, 0.3) is 5.56 Å². The molecule has 0 atom stereocenters. The van der Waals surface area contributed by atoms with Gasteiger partial charge in [-0.15, -0.1) is 0 Å². The fourth-order valence-electron chi connectivity index (χ4n) is 1.87. The molecule has 5 nitrogen and oxygen atoms in total. The summed E-state index contributed by atoms with van der Waals surface area (Å²) in [5, 5.41) is 5.62. The van der Waals surface area contributed by atoms with Crippen LogP contribution in [0.1, 0.15) is 23.7 Å². The van der Waals surface area contributed by atoms with Crippen molar-refractivity contribution in [2.45, 2.75) is 27.3 Å². The summed E-state index contributed by atoms with van der Waals surface area (Å²) >= 11 is 0. The Hall–Kier alpha value is -2.04. The zero-order valence-electron chi connectivity index (χ0n) is 10.1. The zero-order valence-corrected chi connectivity index (χ0v) is 10.1. The lowest BCUT2D eigenvalue weighted by Crippen LogP contribution is -2.27. The summed E-state index contributed by atoms with van der Waals surface area (Å²) in [6, 6.07) is 3.85. The van der Waals surface area contributed by atoms with Gasteiger partial charge in [-0.05, 0) is 31.5 Å². The number of pyridine rings is 1. The lowest BCUT2D eigenvalue weighted by atomic mass is 10.1. The number of H-pyrrole nitrogens is 1. The van der Waals surface area contributed by atoms with Gasteiger partial charge in [-0.25, -0.2) is 4.52 Å². The van der Waals surface area contributed by atoms with Gasteiger partial charge in [0.05, 0.1) is 5.52 Å². The fourth-order valence-corrected chi connectivity index (χ4v) is 1.87. The summed E-state index contributed by atoms with van der Waals surface area (Å²) in [4.78, 5) is 23.0. The lowest BCUT2D eigenvalue weighted by molar-refractivity contribution is -0.119. The Bertz CT molecular complexity index is 637. The molecule has 2 heterocycles. The number of carbonyl (C=O) groups is 1. The van der Waals surface area contributed by atoms with Crippen LogP contribution in [0, 0.1) is 13.8 Å². The Morgan fingerprint density at radius 3 is 2.76 bits per heavy atom. The molecule has 0 saturated heterocycles. The van der Waals surface area contributed by atoms with Gasteiger partial charge >= 0.3 is 0 Å². The third-order valence-electron chi connectivity index (χ3n) is 2.73. The number of nitrogens with zero attached hydrogens (tertiary/aromatic N) is 1. The van der Waals surface area contributed by atoms with Crippen LogP contribution < -0.4 is 10.9 Å². The van der Waals surface area contributed by atoms with Gasteiger partial charge in [0, 0.05) is 24.7 Å².